The summed E-state index contributed by atoms with van der Waals surface area (Å²) >= 11 is 0. The van der Waals surface area contributed by atoms with Crippen molar-refractivity contribution in [3.05, 3.63) is 0 Å². The fourth-order valence-corrected chi connectivity index (χ4v) is 1.78. The van der Waals surface area contributed by atoms with Gasteiger partial charge in [0.25, 0.3) is 0 Å². The topological polar surface area (TPSA) is 70.1 Å². The molecule has 0 aromatic heterocycles. The Morgan fingerprint density at radius 2 is 2.00 bits per heavy atom. The van der Waals surface area contributed by atoms with E-state index in [-0.39, 0.29) is 18.7 Å². The number of carboxylic acids is 1. The molecular weight excluding hydrogens is 224 g/mol. The molecular formula is C11H20N2O4. The van der Waals surface area contributed by atoms with Crippen LogP contribution in [0, 0.1) is 0 Å². The summed E-state index contributed by atoms with van der Waals surface area (Å²) in [6.07, 6.45) is 1.37. The number of likely N-dealkylation sites (tertiary alicyclic amines) is 1. The van der Waals surface area contributed by atoms with Crippen molar-refractivity contribution in [1.82, 2.24) is 9.80 Å². The van der Waals surface area contributed by atoms with Crippen LogP contribution in [0.5, 0.6) is 0 Å². The third-order valence-electron chi connectivity index (χ3n) is 2.96. The molecule has 1 aliphatic heterocycles. The van der Waals surface area contributed by atoms with Crippen molar-refractivity contribution >= 4 is 12.0 Å². The quantitative estimate of drug-likeness (QED) is 0.787. The van der Waals surface area contributed by atoms with E-state index in [1.165, 1.54) is 0 Å². The van der Waals surface area contributed by atoms with Crippen LogP contribution in [0.25, 0.3) is 0 Å². The van der Waals surface area contributed by atoms with E-state index in [0.29, 0.717) is 32.5 Å². The molecule has 0 atom stereocenters. The molecule has 1 aliphatic rings. The molecule has 98 valence electrons. The van der Waals surface area contributed by atoms with Gasteiger partial charge in [-0.2, -0.15) is 0 Å². The summed E-state index contributed by atoms with van der Waals surface area (Å²) in [6.45, 7) is 3.63. The zero-order chi connectivity index (χ0) is 12.8. The van der Waals surface area contributed by atoms with E-state index < -0.39 is 5.97 Å². The first kappa shape index (κ1) is 13.8. The van der Waals surface area contributed by atoms with Crippen LogP contribution >= 0.6 is 0 Å². The fraction of sp³-hybridized carbons (Fsp3) is 0.818. The molecule has 0 radical (unpaired) electrons. The Labute approximate surface area is 101 Å². The minimum absolute atomic E-state index is 0.0317. The monoisotopic (exact) mass is 244 g/mol. The second-order valence-corrected chi connectivity index (χ2v) is 4.19. The molecule has 0 unspecified atom stereocenters. The Morgan fingerprint density at radius 1 is 1.41 bits per heavy atom. The molecule has 17 heavy (non-hydrogen) atoms. The van der Waals surface area contributed by atoms with Crippen LogP contribution in [0.1, 0.15) is 19.8 Å². The molecule has 0 saturated carbocycles. The first-order valence-corrected chi connectivity index (χ1v) is 5.88. The van der Waals surface area contributed by atoms with E-state index in [4.69, 9.17) is 9.84 Å². The van der Waals surface area contributed by atoms with Gasteiger partial charge in [-0.15, -0.1) is 0 Å². The SMILES string of the molecule is CCN(C)C(=O)N1CCC(OCC(=O)O)CC1. The molecule has 2 amide bonds. The molecule has 0 aliphatic carbocycles. The molecule has 6 nitrogen and oxygen atoms in total. The van der Waals surface area contributed by atoms with Gasteiger partial charge in [0.05, 0.1) is 6.10 Å². The first-order valence-electron chi connectivity index (χ1n) is 5.88. The van der Waals surface area contributed by atoms with Gasteiger partial charge in [0, 0.05) is 26.7 Å². The number of nitrogens with zero attached hydrogens (tertiary/aromatic N) is 2. The van der Waals surface area contributed by atoms with Crippen molar-refractivity contribution in [1.29, 1.82) is 0 Å². The number of ether oxygens (including phenoxy) is 1. The van der Waals surface area contributed by atoms with Crippen molar-refractivity contribution < 1.29 is 19.4 Å². The van der Waals surface area contributed by atoms with Gasteiger partial charge in [-0.25, -0.2) is 9.59 Å². The summed E-state index contributed by atoms with van der Waals surface area (Å²) in [5, 5.41) is 8.49. The molecule has 0 bridgehead atoms. The highest BCUT2D eigenvalue weighted by Crippen LogP contribution is 2.14. The van der Waals surface area contributed by atoms with Crippen molar-refractivity contribution in [2.24, 2.45) is 0 Å². The molecule has 0 spiro atoms. The van der Waals surface area contributed by atoms with Crippen molar-refractivity contribution in [2.75, 3.05) is 33.3 Å². The molecule has 0 aromatic rings. The van der Waals surface area contributed by atoms with Gasteiger partial charge in [-0.3, -0.25) is 0 Å². The van der Waals surface area contributed by atoms with E-state index >= 15 is 0 Å². The maximum atomic E-state index is 11.8. The molecule has 0 aromatic carbocycles. The second kappa shape index (κ2) is 6.44. The smallest absolute Gasteiger partial charge is 0.329 e. The Kier molecular flexibility index (Phi) is 5.21. The molecule has 1 N–H and O–H groups in total. The number of aliphatic carboxylic acids is 1. The summed E-state index contributed by atoms with van der Waals surface area (Å²) in [7, 11) is 1.77. The van der Waals surface area contributed by atoms with Crippen molar-refractivity contribution in [2.45, 2.75) is 25.9 Å². The predicted molar refractivity (Wildman–Crippen MR) is 61.9 cm³/mol. The molecule has 1 saturated heterocycles. The number of urea groups is 1. The highest BCUT2D eigenvalue weighted by molar-refractivity contribution is 5.74. The zero-order valence-electron chi connectivity index (χ0n) is 10.4. The Hall–Kier alpha value is -1.30. The fourth-order valence-electron chi connectivity index (χ4n) is 1.78. The minimum atomic E-state index is -0.950. The van der Waals surface area contributed by atoms with E-state index in [9.17, 15) is 9.59 Å². The van der Waals surface area contributed by atoms with E-state index in [2.05, 4.69) is 0 Å². The van der Waals surface area contributed by atoms with Crippen LogP contribution < -0.4 is 0 Å². The lowest BCUT2D eigenvalue weighted by molar-refractivity contribution is -0.145. The first-order chi connectivity index (χ1) is 8.04. The highest BCUT2D eigenvalue weighted by Gasteiger charge is 2.24. The summed E-state index contributed by atoms with van der Waals surface area (Å²) < 4.78 is 5.21. The zero-order valence-corrected chi connectivity index (χ0v) is 10.4. The molecule has 6 heteroatoms. The number of rotatable bonds is 4. The number of hydrogen-bond acceptors (Lipinski definition) is 3. The van der Waals surface area contributed by atoms with Crippen molar-refractivity contribution in [3.8, 4) is 0 Å². The third kappa shape index (κ3) is 4.22. The molecule has 1 heterocycles. The summed E-state index contributed by atoms with van der Waals surface area (Å²) in [6, 6.07) is 0.0317. The lowest BCUT2D eigenvalue weighted by Gasteiger charge is -2.34. The predicted octanol–water partition coefficient (Wildman–Crippen LogP) is 0.624. The van der Waals surface area contributed by atoms with Crippen LogP contribution in [0.3, 0.4) is 0 Å². The Morgan fingerprint density at radius 3 is 2.47 bits per heavy atom. The lowest BCUT2D eigenvalue weighted by atomic mass is 10.1. The normalized spacial score (nSPS) is 16.9. The number of piperidine rings is 1. The van der Waals surface area contributed by atoms with Gasteiger partial charge in [-0.1, -0.05) is 0 Å². The van der Waals surface area contributed by atoms with Gasteiger partial charge in [0.15, 0.2) is 0 Å². The average Bonchev–Trinajstić information content (AvgIpc) is 2.35. The average molecular weight is 244 g/mol. The van der Waals surface area contributed by atoms with Crippen molar-refractivity contribution in [3.63, 3.8) is 0 Å². The van der Waals surface area contributed by atoms with Gasteiger partial charge in [0.2, 0.25) is 0 Å². The van der Waals surface area contributed by atoms with Gasteiger partial charge in [0.1, 0.15) is 6.61 Å². The van der Waals surface area contributed by atoms with Gasteiger partial charge in [-0.05, 0) is 19.8 Å². The van der Waals surface area contributed by atoms with Crippen LogP contribution in [-0.4, -0.2) is 66.3 Å². The van der Waals surface area contributed by atoms with Crippen LogP contribution in [-0.2, 0) is 9.53 Å². The standard InChI is InChI=1S/C11H20N2O4/c1-3-12(2)11(16)13-6-4-9(5-7-13)17-8-10(14)15/h9H,3-8H2,1-2H3,(H,14,15). The van der Waals surface area contributed by atoms with Crippen LogP contribution in [0.15, 0.2) is 0 Å². The molecule has 1 rings (SSSR count). The summed E-state index contributed by atoms with van der Waals surface area (Å²) in [5.74, 6) is -0.950. The molecule has 1 fully saturated rings. The van der Waals surface area contributed by atoms with Crippen LogP contribution in [0.4, 0.5) is 4.79 Å². The number of carboxylic acid groups (broad SMARTS) is 1. The third-order valence-corrected chi connectivity index (χ3v) is 2.96. The number of amides is 2. The Balaban J connectivity index is 2.30. The largest absolute Gasteiger partial charge is 0.480 e. The van der Waals surface area contributed by atoms with Gasteiger partial charge >= 0.3 is 12.0 Å². The van der Waals surface area contributed by atoms with E-state index in [1.54, 1.807) is 16.8 Å². The summed E-state index contributed by atoms with van der Waals surface area (Å²) in [5.41, 5.74) is 0. The maximum absolute atomic E-state index is 11.8. The maximum Gasteiger partial charge on any atom is 0.329 e. The minimum Gasteiger partial charge on any atom is -0.480 e. The van der Waals surface area contributed by atoms with Gasteiger partial charge < -0.3 is 19.6 Å². The van der Waals surface area contributed by atoms with Crippen LogP contribution in [0.2, 0.25) is 0 Å². The number of hydrogen-bond donors (Lipinski definition) is 1. The van der Waals surface area contributed by atoms with E-state index in [0.717, 1.165) is 0 Å². The Bertz CT molecular complexity index is 275. The second-order valence-electron chi connectivity index (χ2n) is 4.19. The lowest BCUT2D eigenvalue weighted by Crippen LogP contribution is -2.46. The number of carbonyl (C=O) groups excluding carboxylic acids is 1. The highest BCUT2D eigenvalue weighted by atomic mass is 16.5. The summed E-state index contributed by atoms with van der Waals surface area (Å²) in [4.78, 5) is 25.6. The number of carbonyl (C=O) groups is 2. The van der Waals surface area contributed by atoms with E-state index in [1.807, 2.05) is 6.92 Å².